The van der Waals surface area contributed by atoms with Gasteiger partial charge in [0.1, 0.15) is 6.10 Å². The lowest BCUT2D eigenvalue weighted by molar-refractivity contribution is -0.147. The first-order chi connectivity index (χ1) is 12.2. The third-order valence-electron chi connectivity index (χ3n) is 5.37. The summed E-state index contributed by atoms with van der Waals surface area (Å²) in [5.41, 5.74) is 0. The van der Waals surface area contributed by atoms with E-state index in [1.165, 1.54) is 6.42 Å². The number of rotatable bonds is 6. The third kappa shape index (κ3) is 3.87. The van der Waals surface area contributed by atoms with Crippen LogP contribution in [0.4, 0.5) is 0 Å². The van der Waals surface area contributed by atoms with E-state index in [2.05, 4.69) is 10.1 Å². The first-order valence-corrected chi connectivity index (χ1v) is 9.59. The van der Waals surface area contributed by atoms with Gasteiger partial charge in [0, 0.05) is 19.1 Å². The van der Waals surface area contributed by atoms with Gasteiger partial charge in [-0.1, -0.05) is 5.16 Å². The number of carbonyl (C=O) groups excluding carboxylic acids is 1. The van der Waals surface area contributed by atoms with Crippen molar-refractivity contribution in [2.75, 3.05) is 19.8 Å². The first kappa shape index (κ1) is 17.0. The Hall–Kier alpha value is -1.47. The van der Waals surface area contributed by atoms with E-state index in [1.807, 2.05) is 11.8 Å². The van der Waals surface area contributed by atoms with Crippen molar-refractivity contribution in [1.82, 2.24) is 15.0 Å². The minimum atomic E-state index is -0.471. The Bertz CT molecular complexity index is 595. The summed E-state index contributed by atoms with van der Waals surface area (Å²) >= 11 is 0. The molecule has 0 spiro atoms. The Morgan fingerprint density at radius 3 is 2.92 bits per heavy atom. The van der Waals surface area contributed by atoms with E-state index in [0.29, 0.717) is 18.3 Å². The summed E-state index contributed by atoms with van der Waals surface area (Å²) in [6, 6.07) is -0.0827. The number of aromatic nitrogens is 2. The number of ether oxygens (including phenoxy) is 2. The zero-order valence-corrected chi connectivity index (χ0v) is 14.9. The van der Waals surface area contributed by atoms with Crippen LogP contribution in [0.1, 0.15) is 75.5 Å². The minimum Gasteiger partial charge on any atom is -0.376 e. The Labute approximate surface area is 148 Å². The van der Waals surface area contributed by atoms with Crippen LogP contribution in [-0.2, 0) is 14.3 Å². The van der Waals surface area contributed by atoms with Gasteiger partial charge in [0.2, 0.25) is 5.89 Å². The van der Waals surface area contributed by atoms with Crippen LogP contribution in [0.5, 0.6) is 0 Å². The van der Waals surface area contributed by atoms with Gasteiger partial charge in [0.05, 0.1) is 18.8 Å². The molecule has 1 aromatic rings. The largest absolute Gasteiger partial charge is 0.376 e. The van der Waals surface area contributed by atoms with E-state index >= 15 is 0 Å². The maximum absolute atomic E-state index is 12.8. The predicted octanol–water partition coefficient (Wildman–Crippen LogP) is 2.58. The highest BCUT2D eigenvalue weighted by Gasteiger charge is 2.37. The van der Waals surface area contributed by atoms with Crippen LogP contribution >= 0.6 is 0 Å². The fourth-order valence-corrected chi connectivity index (χ4v) is 3.67. The summed E-state index contributed by atoms with van der Waals surface area (Å²) in [5.74, 6) is 1.82. The van der Waals surface area contributed by atoms with Gasteiger partial charge < -0.3 is 18.9 Å². The molecule has 7 heteroatoms. The number of nitrogens with zero attached hydrogens (tertiary/aromatic N) is 3. The molecule has 2 saturated heterocycles. The number of carbonyl (C=O) groups is 1. The fraction of sp³-hybridized carbons (Fsp3) is 0.833. The lowest BCUT2D eigenvalue weighted by atomic mass is 10.1. The van der Waals surface area contributed by atoms with Gasteiger partial charge in [0.25, 0.3) is 5.91 Å². The van der Waals surface area contributed by atoms with Gasteiger partial charge in [-0.3, -0.25) is 4.79 Å². The molecule has 0 bridgehead atoms. The molecule has 0 unspecified atom stereocenters. The maximum Gasteiger partial charge on any atom is 0.252 e. The first-order valence-electron chi connectivity index (χ1n) is 9.59. The smallest absolute Gasteiger partial charge is 0.252 e. The van der Waals surface area contributed by atoms with Gasteiger partial charge in [-0.2, -0.15) is 4.98 Å². The summed E-state index contributed by atoms with van der Waals surface area (Å²) in [7, 11) is 0. The number of hydrogen-bond acceptors (Lipinski definition) is 6. The van der Waals surface area contributed by atoms with Crippen LogP contribution in [0.2, 0.25) is 0 Å². The highest BCUT2D eigenvalue weighted by atomic mass is 16.5. The zero-order chi connectivity index (χ0) is 17.2. The van der Waals surface area contributed by atoms with Crippen molar-refractivity contribution < 1.29 is 18.8 Å². The second-order valence-corrected chi connectivity index (χ2v) is 7.42. The molecule has 3 fully saturated rings. The Kier molecular flexibility index (Phi) is 5.03. The minimum absolute atomic E-state index is 0.0103. The lowest BCUT2D eigenvalue weighted by Gasteiger charge is -2.27. The predicted molar refractivity (Wildman–Crippen MR) is 89.0 cm³/mol. The summed E-state index contributed by atoms with van der Waals surface area (Å²) in [4.78, 5) is 19.2. The Morgan fingerprint density at radius 2 is 2.16 bits per heavy atom. The van der Waals surface area contributed by atoms with Crippen molar-refractivity contribution in [3.8, 4) is 0 Å². The Morgan fingerprint density at radius 1 is 1.28 bits per heavy atom. The second-order valence-electron chi connectivity index (χ2n) is 7.42. The average molecular weight is 349 g/mol. The molecule has 1 saturated carbocycles. The number of hydrogen-bond donors (Lipinski definition) is 0. The maximum atomic E-state index is 12.8. The molecule has 25 heavy (non-hydrogen) atoms. The molecule has 4 rings (SSSR count). The molecule has 0 aromatic carbocycles. The van der Waals surface area contributed by atoms with Crippen molar-refractivity contribution in [2.24, 2.45) is 0 Å². The van der Waals surface area contributed by atoms with Crippen LogP contribution in [0.3, 0.4) is 0 Å². The average Bonchev–Trinajstić information content (AvgIpc) is 3.18. The van der Waals surface area contributed by atoms with Gasteiger partial charge >= 0.3 is 0 Å². The van der Waals surface area contributed by atoms with E-state index in [9.17, 15) is 4.79 Å². The molecular weight excluding hydrogens is 322 g/mol. The van der Waals surface area contributed by atoms with Crippen molar-refractivity contribution in [3.63, 3.8) is 0 Å². The molecule has 7 nitrogen and oxygen atoms in total. The molecular formula is C18H27N3O4. The van der Waals surface area contributed by atoms with E-state index in [0.717, 1.165) is 57.6 Å². The molecule has 3 atom stereocenters. The zero-order valence-electron chi connectivity index (χ0n) is 14.9. The van der Waals surface area contributed by atoms with Crippen LogP contribution in [0.15, 0.2) is 4.52 Å². The van der Waals surface area contributed by atoms with E-state index in [4.69, 9.17) is 14.0 Å². The standard InChI is InChI=1S/C18H27N3O4/c1-12(24-11-14-5-2-3-10-23-14)18(22)21-9-4-6-15(21)16-19-17(25-20-16)13-7-8-13/h12-15H,2-11H2,1H3/t12-,14+,15+/m0/s1. The molecule has 1 aliphatic carbocycles. The Balaban J connectivity index is 1.34. The van der Waals surface area contributed by atoms with Crippen molar-refractivity contribution in [3.05, 3.63) is 11.7 Å². The van der Waals surface area contributed by atoms with E-state index in [1.54, 1.807) is 0 Å². The van der Waals surface area contributed by atoms with Crippen LogP contribution in [0, 0.1) is 0 Å². The molecule has 0 N–H and O–H groups in total. The highest BCUT2D eigenvalue weighted by molar-refractivity contribution is 5.81. The number of likely N-dealkylation sites (tertiary alicyclic amines) is 1. The van der Waals surface area contributed by atoms with E-state index < -0.39 is 6.10 Å². The summed E-state index contributed by atoms with van der Waals surface area (Å²) in [6.45, 7) is 3.84. The second kappa shape index (κ2) is 7.41. The quantitative estimate of drug-likeness (QED) is 0.785. The molecule has 3 aliphatic rings. The van der Waals surface area contributed by atoms with Crippen LogP contribution in [-0.4, -0.2) is 52.9 Å². The summed E-state index contributed by atoms with van der Waals surface area (Å²) in [6.07, 6.45) is 7.06. The molecule has 2 aliphatic heterocycles. The van der Waals surface area contributed by atoms with Crippen molar-refractivity contribution in [1.29, 1.82) is 0 Å². The normalized spacial score (nSPS) is 28.3. The van der Waals surface area contributed by atoms with Crippen LogP contribution in [0.25, 0.3) is 0 Å². The number of amides is 1. The van der Waals surface area contributed by atoms with Gasteiger partial charge in [-0.15, -0.1) is 0 Å². The SMILES string of the molecule is C[C@H](OC[C@H]1CCCCO1)C(=O)N1CCC[C@@H]1c1noc(C2CC2)n1. The fourth-order valence-electron chi connectivity index (χ4n) is 3.67. The molecule has 1 amide bonds. The van der Waals surface area contributed by atoms with Gasteiger partial charge in [-0.05, 0) is 51.9 Å². The molecule has 3 heterocycles. The van der Waals surface area contributed by atoms with Crippen LogP contribution < -0.4 is 0 Å². The van der Waals surface area contributed by atoms with Gasteiger partial charge in [0.15, 0.2) is 5.82 Å². The van der Waals surface area contributed by atoms with Crippen molar-refractivity contribution in [2.45, 2.75) is 76.0 Å². The summed E-state index contributed by atoms with van der Waals surface area (Å²) in [5, 5.41) is 4.13. The molecule has 138 valence electrons. The molecule has 0 radical (unpaired) electrons. The molecule has 1 aromatic heterocycles. The third-order valence-corrected chi connectivity index (χ3v) is 5.37. The monoisotopic (exact) mass is 349 g/mol. The lowest BCUT2D eigenvalue weighted by Crippen LogP contribution is -2.40. The summed E-state index contributed by atoms with van der Waals surface area (Å²) < 4.78 is 16.9. The highest BCUT2D eigenvalue weighted by Crippen LogP contribution is 2.40. The van der Waals surface area contributed by atoms with Crippen molar-refractivity contribution >= 4 is 5.91 Å². The topological polar surface area (TPSA) is 77.7 Å². The van der Waals surface area contributed by atoms with E-state index in [-0.39, 0.29) is 18.1 Å². The van der Waals surface area contributed by atoms with Gasteiger partial charge in [-0.25, -0.2) is 0 Å².